The van der Waals surface area contributed by atoms with Gasteiger partial charge in [-0.25, -0.2) is 0 Å². The summed E-state index contributed by atoms with van der Waals surface area (Å²) < 4.78 is 0. The summed E-state index contributed by atoms with van der Waals surface area (Å²) in [5.74, 6) is 0. The van der Waals surface area contributed by atoms with E-state index in [4.69, 9.17) is 0 Å². The zero-order chi connectivity index (χ0) is 18.9. The van der Waals surface area contributed by atoms with Gasteiger partial charge in [0.1, 0.15) is 0 Å². The normalized spacial score (nSPS) is 11.0. The van der Waals surface area contributed by atoms with Crippen molar-refractivity contribution in [3.63, 3.8) is 0 Å². The fourth-order valence-electron chi connectivity index (χ4n) is 3.91. The Bertz CT molecular complexity index is 1200. The maximum Gasteiger partial charge on any atom is 0.0618 e. The number of hydrogen-bond donors (Lipinski definition) is 0. The minimum Gasteiger partial charge on any atom is -0.309 e. The summed E-state index contributed by atoms with van der Waals surface area (Å²) in [5.41, 5.74) is 4.81. The Kier molecular flexibility index (Phi) is 4.06. The van der Waals surface area contributed by atoms with E-state index in [1.165, 1.54) is 38.5 Å². The Morgan fingerprint density at radius 1 is 0.500 bits per heavy atom. The maximum absolute atomic E-state index is 2.38. The third kappa shape index (κ3) is 2.82. The highest BCUT2D eigenvalue weighted by Gasteiger charge is 2.18. The molecule has 0 spiro atoms. The number of aryl methyl sites for hydroxylation is 1. The zero-order valence-corrected chi connectivity index (χ0v) is 15.8. The molecule has 0 heterocycles. The van der Waals surface area contributed by atoms with Gasteiger partial charge in [0.05, 0.1) is 5.69 Å². The van der Waals surface area contributed by atoms with Crippen LogP contribution in [0.4, 0.5) is 17.1 Å². The van der Waals surface area contributed by atoms with Crippen LogP contribution in [0, 0.1) is 6.92 Å². The van der Waals surface area contributed by atoms with E-state index >= 15 is 0 Å². The SMILES string of the molecule is Cc1ccc(N(c2ccccc2)c2c3ccccc3cc3ccccc23)cc1. The van der Waals surface area contributed by atoms with Gasteiger partial charge in [0, 0.05) is 22.1 Å². The quantitative estimate of drug-likeness (QED) is 0.297. The van der Waals surface area contributed by atoms with Gasteiger partial charge in [-0.15, -0.1) is 0 Å². The van der Waals surface area contributed by atoms with Crippen LogP contribution in [0.25, 0.3) is 21.5 Å². The number of fused-ring (bicyclic) bond motifs is 2. The molecule has 0 radical (unpaired) electrons. The molecular weight excluding hydrogens is 338 g/mol. The van der Waals surface area contributed by atoms with E-state index in [0.29, 0.717) is 0 Å². The summed E-state index contributed by atoms with van der Waals surface area (Å²) >= 11 is 0. The molecule has 1 nitrogen and oxygen atoms in total. The van der Waals surface area contributed by atoms with Crippen molar-refractivity contribution in [2.45, 2.75) is 6.92 Å². The molecule has 0 saturated carbocycles. The molecule has 5 aromatic rings. The molecule has 28 heavy (non-hydrogen) atoms. The lowest BCUT2D eigenvalue weighted by Gasteiger charge is -2.28. The van der Waals surface area contributed by atoms with Gasteiger partial charge in [0.2, 0.25) is 0 Å². The standard InChI is InChI=1S/C27H21N/c1-20-15-17-24(18-16-20)28(23-11-3-2-4-12-23)27-25-13-7-5-9-21(25)19-22-10-6-8-14-26(22)27/h2-19H,1H3. The van der Waals surface area contributed by atoms with E-state index < -0.39 is 0 Å². The molecule has 0 aliphatic rings. The summed E-state index contributed by atoms with van der Waals surface area (Å²) in [5, 5.41) is 5.02. The van der Waals surface area contributed by atoms with Crippen LogP contribution >= 0.6 is 0 Å². The van der Waals surface area contributed by atoms with Gasteiger partial charge in [-0.2, -0.15) is 0 Å². The van der Waals surface area contributed by atoms with Crippen LogP contribution in [0.15, 0.2) is 109 Å². The molecule has 0 amide bonds. The predicted molar refractivity (Wildman–Crippen MR) is 121 cm³/mol. The average molecular weight is 359 g/mol. The van der Waals surface area contributed by atoms with E-state index in [9.17, 15) is 0 Å². The van der Waals surface area contributed by atoms with E-state index in [0.717, 1.165) is 5.69 Å². The molecule has 1 heteroatoms. The monoisotopic (exact) mass is 359 g/mol. The van der Waals surface area contributed by atoms with Gasteiger partial charge in [-0.1, -0.05) is 84.4 Å². The number of anilines is 3. The summed E-state index contributed by atoms with van der Waals surface area (Å²) in [4.78, 5) is 2.38. The molecule has 5 rings (SSSR count). The molecule has 0 aliphatic carbocycles. The van der Waals surface area contributed by atoms with Crippen LogP contribution in [0.3, 0.4) is 0 Å². The first kappa shape index (κ1) is 16.6. The van der Waals surface area contributed by atoms with Crippen molar-refractivity contribution in [2.75, 3.05) is 4.90 Å². The lowest BCUT2D eigenvalue weighted by Crippen LogP contribution is -2.11. The second-order valence-electron chi connectivity index (χ2n) is 7.17. The highest BCUT2D eigenvalue weighted by Crippen LogP contribution is 2.43. The largest absolute Gasteiger partial charge is 0.309 e. The summed E-state index contributed by atoms with van der Waals surface area (Å²) in [7, 11) is 0. The van der Waals surface area contributed by atoms with Crippen molar-refractivity contribution in [3.8, 4) is 0 Å². The van der Waals surface area contributed by atoms with Gasteiger partial charge in [-0.05, 0) is 48.0 Å². The molecule has 0 N–H and O–H groups in total. The van der Waals surface area contributed by atoms with Crippen LogP contribution < -0.4 is 4.90 Å². The summed E-state index contributed by atoms with van der Waals surface area (Å²) in [6, 6.07) is 39.0. The minimum atomic E-state index is 1.16. The number of rotatable bonds is 3. The minimum absolute atomic E-state index is 1.16. The van der Waals surface area contributed by atoms with E-state index in [-0.39, 0.29) is 0 Å². The first-order chi connectivity index (χ1) is 13.8. The van der Waals surface area contributed by atoms with Gasteiger partial charge in [-0.3, -0.25) is 0 Å². The Morgan fingerprint density at radius 3 is 1.61 bits per heavy atom. The molecule has 0 aromatic heterocycles. The lowest BCUT2D eigenvalue weighted by atomic mass is 9.99. The van der Waals surface area contributed by atoms with Crippen LogP contribution in [-0.4, -0.2) is 0 Å². The van der Waals surface area contributed by atoms with Crippen molar-refractivity contribution in [1.82, 2.24) is 0 Å². The van der Waals surface area contributed by atoms with Crippen molar-refractivity contribution in [3.05, 3.63) is 115 Å². The van der Waals surface area contributed by atoms with Gasteiger partial charge >= 0.3 is 0 Å². The molecular formula is C27H21N. The molecule has 134 valence electrons. The van der Waals surface area contributed by atoms with Crippen molar-refractivity contribution >= 4 is 38.6 Å². The van der Waals surface area contributed by atoms with Crippen LogP contribution in [-0.2, 0) is 0 Å². The van der Waals surface area contributed by atoms with Crippen LogP contribution in [0.1, 0.15) is 5.56 Å². The molecule has 0 bridgehead atoms. The molecule has 0 fully saturated rings. The van der Waals surface area contributed by atoms with E-state index in [1.807, 2.05) is 0 Å². The number of nitrogens with zero attached hydrogens (tertiary/aromatic N) is 1. The Labute approximate surface area is 165 Å². The molecule has 0 aliphatic heterocycles. The highest BCUT2D eigenvalue weighted by atomic mass is 15.1. The maximum atomic E-state index is 2.38. The van der Waals surface area contributed by atoms with E-state index in [2.05, 4.69) is 121 Å². The topological polar surface area (TPSA) is 3.24 Å². The Morgan fingerprint density at radius 2 is 1.00 bits per heavy atom. The first-order valence-corrected chi connectivity index (χ1v) is 9.63. The fraction of sp³-hybridized carbons (Fsp3) is 0.0370. The third-order valence-corrected chi connectivity index (χ3v) is 5.27. The summed E-state index contributed by atoms with van der Waals surface area (Å²) in [6.45, 7) is 2.13. The molecule has 0 saturated heterocycles. The van der Waals surface area contributed by atoms with Crippen molar-refractivity contribution in [1.29, 1.82) is 0 Å². The van der Waals surface area contributed by atoms with Crippen LogP contribution in [0.2, 0.25) is 0 Å². The Hall–Kier alpha value is -3.58. The first-order valence-electron chi connectivity index (χ1n) is 9.63. The second-order valence-corrected chi connectivity index (χ2v) is 7.17. The predicted octanol–water partition coefficient (Wildman–Crippen LogP) is 7.77. The van der Waals surface area contributed by atoms with E-state index in [1.54, 1.807) is 0 Å². The number of hydrogen-bond acceptors (Lipinski definition) is 1. The smallest absolute Gasteiger partial charge is 0.0618 e. The van der Waals surface area contributed by atoms with Gasteiger partial charge < -0.3 is 4.90 Å². The van der Waals surface area contributed by atoms with Crippen molar-refractivity contribution < 1.29 is 0 Å². The Balaban J connectivity index is 1.91. The zero-order valence-electron chi connectivity index (χ0n) is 15.8. The van der Waals surface area contributed by atoms with Gasteiger partial charge in [0.25, 0.3) is 0 Å². The number of para-hydroxylation sites is 1. The average Bonchev–Trinajstić information content (AvgIpc) is 2.75. The highest BCUT2D eigenvalue weighted by molar-refractivity contribution is 6.14. The lowest BCUT2D eigenvalue weighted by molar-refractivity contribution is 1.30. The second kappa shape index (κ2) is 6.86. The van der Waals surface area contributed by atoms with Crippen LogP contribution in [0.5, 0.6) is 0 Å². The molecule has 0 atom stereocenters. The molecule has 0 unspecified atom stereocenters. The summed E-state index contributed by atoms with van der Waals surface area (Å²) in [6.07, 6.45) is 0. The third-order valence-electron chi connectivity index (χ3n) is 5.27. The fourth-order valence-corrected chi connectivity index (χ4v) is 3.91. The van der Waals surface area contributed by atoms with Gasteiger partial charge in [0.15, 0.2) is 0 Å². The van der Waals surface area contributed by atoms with Crippen molar-refractivity contribution in [2.24, 2.45) is 0 Å². The number of benzene rings is 5. The molecule has 5 aromatic carbocycles.